The lowest BCUT2D eigenvalue weighted by molar-refractivity contribution is 0.0891. The Morgan fingerprint density at radius 2 is 1.94 bits per heavy atom. The van der Waals surface area contributed by atoms with Crippen LogP contribution in [-0.2, 0) is 11.1 Å². The summed E-state index contributed by atoms with van der Waals surface area (Å²) in [5, 5.41) is 10.9. The van der Waals surface area contributed by atoms with Gasteiger partial charge in [-0.2, -0.15) is 0 Å². The van der Waals surface area contributed by atoms with Gasteiger partial charge in [0.1, 0.15) is 28.7 Å². The van der Waals surface area contributed by atoms with Crippen molar-refractivity contribution < 1.29 is 17.3 Å². The number of fused-ring (bicyclic) bond motifs is 4. The second kappa shape index (κ2) is 6.57. The van der Waals surface area contributed by atoms with Crippen LogP contribution >= 0.6 is 0 Å². The van der Waals surface area contributed by atoms with Crippen molar-refractivity contribution in [1.29, 1.82) is 0 Å². The molecular formula is C26H20N2O3. The Morgan fingerprint density at radius 1 is 1.06 bits per heavy atom. The maximum atomic E-state index is 10.1. The van der Waals surface area contributed by atoms with Crippen LogP contribution in [0, 0.1) is 0 Å². The molecule has 2 aliphatic rings. The Hall–Kier alpha value is -3.86. The molecule has 1 aliphatic carbocycles. The van der Waals surface area contributed by atoms with E-state index in [-0.39, 0.29) is 5.75 Å². The van der Waals surface area contributed by atoms with E-state index < -0.39 is 18.0 Å². The van der Waals surface area contributed by atoms with Crippen LogP contribution in [-0.4, -0.2) is 21.6 Å². The molecule has 3 aromatic carbocycles. The van der Waals surface area contributed by atoms with Gasteiger partial charge in [0.2, 0.25) is 11.8 Å². The van der Waals surface area contributed by atoms with Crippen molar-refractivity contribution in [1.82, 2.24) is 4.98 Å². The quantitative estimate of drug-likeness (QED) is 0.480. The number of hydrogen-bond acceptors (Lipinski definition) is 5. The second-order valence-electron chi connectivity index (χ2n) is 7.89. The van der Waals surface area contributed by atoms with E-state index in [0.717, 1.165) is 10.9 Å². The molecule has 1 aliphatic heterocycles. The number of pyridine rings is 1. The highest BCUT2D eigenvalue weighted by Gasteiger charge is 2.49. The summed E-state index contributed by atoms with van der Waals surface area (Å²) in [6.45, 7) is 1.78. The number of benzene rings is 3. The lowest BCUT2D eigenvalue weighted by Crippen LogP contribution is -2.29. The van der Waals surface area contributed by atoms with Crippen LogP contribution in [0.4, 0.5) is 0 Å². The number of para-hydroxylation sites is 1. The molecule has 31 heavy (non-hydrogen) atoms. The van der Waals surface area contributed by atoms with Crippen molar-refractivity contribution in [3.8, 4) is 17.4 Å². The molecule has 0 radical (unpaired) electrons. The van der Waals surface area contributed by atoms with Crippen LogP contribution in [0.3, 0.4) is 0 Å². The molecule has 4 aromatic rings. The smallest absolute Gasteiger partial charge is 0.219 e. The fourth-order valence-electron chi connectivity index (χ4n) is 4.22. The highest BCUT2D eigenvalue weighted by molar-refractivity contribution is 5.96. The van der Waals surface area contributed by atoms with Gasteiger partial charge in [-0.15, -0.1) is 0 Å². The van der Waals surface area contributed by atoms with Gasteiger partial charge >= 0.3 is 0 Å². The first-order valence-electron chi connectivity index (χ1n) is 11.1. The van der Waals surface area contributed by atoms with Crippen LogP contribution in [0.2, 0.25) is 0 Å². The van der Waals surface area contributed by atoms with Crippen molar-refractivity contribution in [2.24, 2.45) is 4.99 Å². The Morgan fingerprint density at radius 3 is 2.87 bits per heavy atom. The summed E-state index contributed by atoms with van der Waals surface area (Å²) in [6, 6.07) is 23.1. The molecule has 2 heterocycles. The number of aromatic nitrogens is 1. The molecule has 0 unspecified atom stereocenters. The average Bonchev–Trinajstić information content (AvgIpc) is 3.25. The maximum absolute atomic E-state index is 10.1. The minimum absolute atomic E-state index is 0.0924. The van der Waals surface area contributed by atoms with Gasteiger partial charge in [0.05, 0.1) is 0 Å². The summed E-state index contributed by atoms with van der Waals surface area (Å²) >= 11 is 0. The summed E-state index contributed by atoms with van der Waals surface area (Å²) < 4.78 is 29.6. The van der Waals surface area contributed by atoms with E-state index in [0.29, 0.717) is 34.2 Å². The van der Waals surface area contributed by atoms with Gasteiger partial charge in [0, 0.05) is 26.1 Å². The number of phenols is 1. The maximum Gasteiger partial charge on any atom is 0.219 e. The molecule has 2 atom stereocenters. The van der Waals surface area contributed by atoms with Gasteiger partial charge in [-0.3, -0.25) is 0 Å². The normalized spacial score (nSPS) is 23.9. The predicted molar refractivity (Wildman–Crippen MR) is 119 cm³/mol. The summed E-state index contributed by atoms with van der Waals surface area (Å²) in [4.78, 5) is 9.20. The van der Waals surface area contributed by atoms with Crippen LogP contribution in [0.1, 0.15) is 32.4 Å². The second-order valence-corrected chi connectivity index (χ2v) is 7.89. The van der Waals surface area contributed by atoms with Crippen LogP contribution < -0.4 is 4.74 Å². The molecule has 1 N–H and O–H groups in total. The fraction of sp³-hybridized carbons (Fsp3) is 0.154. The summed E-state index contributed by atoms with van der Waals surface area (Å²) in [5.41, 5.74) is 1.52. The zero-order valence-corrected chi connectivity index (χ0v) is 16.7. The third-order valence-corrected chi connectivity index (χ3v) is 5.69. The number of hydrogen-bond donors (Lipinski definition) is 1. The molecule has 0 fully saturated rings. The molecule has 152 valence electrons. The first kappa shape index (κ1) is 15.9. The van der Waals surface area contributed by atoms with E-state index >= 15 is 0 Å². The molecule has 0 bridgehead atoms. The molecule has 0 spiro atoms. The van der Waals surface area contributed by atoms with Crippen molar-refractivity contribution in [3.05, 3.63) is 95.6 Å². The first-order valence-corrected chi connectivity index (χ1v) is 10.1. The van der Waals surface area contributed by atoms with Crippen LogP contribution in [0.25, 0.3) is 10.9 Å². The van der Waals surface area contributed by atoms with Gasteiger partial charge in [0.15, 0.2) is 0 Å². The van der Waals surface area contributed by atoms with E-state index in [4.69, 9.17) is 17.2 Å². The number of rotatable bonds is 3. The van der Waals surface area contributed by atoms with E-state index in [2.05, 4.69) is 4.98 Å². The number of nitrogens with zero attached hydrogens (tertiary/aromatic N) is 2. The van der Waals surface area contributed by atoms with Gasteiger partial charge in [-0.25, -0.2) is 9.98 Å². The van der Waals surface area contributed by atoms with Crippen LogP contribution in [0.15, 0.2) is 83.9 Å². The predicted octanol–water partition coefficient (Wildman–Crippen LogP) is 5.57. The summed E-state index contributed by atoms with van der Waals surface area (Å²) in [6.07, 6.45) is -1.68. The third kappa shape index (κ3) is 2.93. The Kier molecular flexibility index (Phi) is 3.37. The number of aliphatic imine (C=N–C) groups is 1. The van der Waals surface area contributed by atoms with Crippen molar-refractivity contribution >= 4 is 16.8 Å². The standard InChI is InChI=1S/C26H20N2O3/c1-26-15-18-6-2-3-10-20(18)24(26)28-25(31-26)17-8-4-9-19(14-17)30-22-13-12-16-7-5-11-21(29)23(16)27-22/h2-14,24,29H,15H2,1H3/t24-,26+/m0/s1/i15D2. The minimum Gasteiger partial charge on any atom is -0.506 e. The SMILES string of the molecule is [2H]C1([2H])c2ccccc2[C@@H]2N=C(c3cccc(Oc4ccc5cccc(O)c5n4)c3)O[C@@]21C. The monoisotopic (exact) mass is 410 g/mol. The minimum atomic E-state index is -1.68. The van der Waals surface area contributed by atoms with Crippen molar-refractivity contribution in [2.45, 2.75) is 24.9 Å². The molecular weight excluding hydrogens is 388 g/mol. The first-order chi connectivity index (χ1) is 15.9. The van der Waals surface area contributed by atoms with E-state index in [1.807, 2.05) is 42.5 Å². The zero-order chi connectivity index (χ0) is 22.8. The molecule has 0 saturated carbocycles. The molecule has 1 aromatic heterocycles. The van der Waals surface area contributed by atoms with Gasteiger partial charge < -0.3 is 14.6 Å². The molecule has 5 heteroatoms. The summed E-state index contributed by atoms with van der Waals surface area (Å²) in [7, 11) is 0. The summed E-state index contributed by atoms with van der Waals surface area (Å²) in [5.74, 6) is 1.36. The number of phenolic OH excluding ortho intramolecular Hbond substituents is 1. The molecule has 5 nitrogen and oxygen atoms in total. The lowest BCUT2D eigenvalue weighted by Gasteiger charge is -2.23. The van der Waals surface area contributed by atoms with E-state index in [9.17, 15) is 5.11 Å². The van der Waals surface area contributed by atoms with Crippen molar-refractivity contribution in [2.75, 3.05) is 0 Å². The average molecular weight is 410 g/mol. The van der Waals surface area contributed by atoms with Crippen molar-refractivity contribution in [3.63, 3.8) is 0 Å². The van der Waals surface area contributed by atoms with Gasteiger partial charge in [-0.05, 0) is 48.4 Å². The van der Waals surface area contributed by atoms with Gasteiger partial charge in [-0.1, -0.05) is 42.5 Å². The molecule has 6 rings (SSSR count). The topological polar surface area (TPSA) is 63.9 Å². The number of ether oxygens (including phenoxy) is 2. The highest BCUT2D eigenvalue weighted by Crippen LogP contribution is 2.48. The Labute approximate surface area is 182 Å². The Bertz CT molecular complexity index is 1450. The highest BCUT2D eigenvalue weighted by atomic mass is 16.5. The van der Waals surface area contributed by atoms with Crippen LogP contribution in [0.5, 0.6) is 17.4 Å². The Balaban J connectivity index is 1.33. The zero-order valence-electron chi connectivity index (χ0n) is 18.7. The molecule has 0 saturated heterocycles. The number of aromatic hydroxyl groups is 1. The molecule has 0 amide bonds. The van der Waals surface area contributed by atoms with Gasteiger partial charge in [0.25, 0.3) is 0 Å². The van der Waals surface area contributed by atoms with E-state index in [1.54, 1.807) is 43.3 Å². The lowest BCUT2D eigenvalue weighted by atomic mass is 9.99. The fourth-order valence-corrected chi connectivity index (χ4v) is 4.22. The van der Waals surface area contributed by atoms with E-state index in [1.165, 1.54) is 0 Å². The third-order valence-electron chi connectivity index (χ3n) is 5.69. The largest absolute Gasteiger partial charge is 0.506 e.